The molecule has 28 heavy (non-hydrogen) atoms. The van der Waals surface area contributed by atoms with Crippen LogP contribution in [0.1, 0.15) is 12.8 Å². The van der Waals surface area contributed by atoms with E-state index in [0.717, 1.165) is 10.8 Å². The minimum Gasteiger partial charge on any atom is -0.438 e. The van der Waals surface area contributed by atoms with E-state index in [0.29, 0.717) is 17.3 Å². The summed E-state index contributed by atoms with van der Waals surface area (Å²) in [4.78, 5) is 4.14. The average molecular weight is 410 g/mol. The fourth-order valence-corrected chi connectivity index (χ4v) is 3.07. The molecule has 0 spiro atoms. The molecule has 9 heteroatoms. The van der Waals surface area contributed by atoms with Crippen LogP contribution in [0.5, 0.6) is 11.6 Å². The predicted octanol–water partition coefficient (Wildman–Crippen LogP) is 5.38. The number of anilines is 1. The van der Waals surface area contributed by atoms with Crippen LogP contribution >= 0.6 is 0 Å². The van der Waals surface area contributed by atoms with Gasteiger partial charge >= 0.3 is 6.18 Å². The fraction of sp³-hybridized carbons (Fsp3) is 0.211. The molecule has 1 heterocycles. The zero-order valence-corrected chi connectivity index (χ0v) is 15.4. The Labute approximate surface area is 162 Å². The molecule has 0 aliphatic carbocycles. The Kier molecular flexibility index (Phi) is 6.48. The Balaban J connectivity index is 1.54. The lowest BCUT2D eigenvalue weighted by Gasteiger charge is -2.10. The van der Waals surface area contributed by atoms with Gasteiger partial charge in [-0.2, -0.15) is 13.2 Å². The van der Waals surface area contributed by atoms with Crippen molar-refractivity contribution in [2.24, 2.45) is 0 Å². The average Bonchev–Trinajstić information content (AvgIpc) is 2.66. The van der Waals surface area contributed by atoms with Crippen molar-refractivity contribution in [2.45, 2.75) is 19.0 Å². The Morgan fingerprint density at radius 3 is 2.57 bits per heavy atom. The largest absolute Gasteiger partial charge is 0.438 e. The van der Waals surface area contributed by atoms with Gasteiger partial charge in [-0.1, -0.05) is 36.4 Å². The Morgan fingerprint density at radius 2 is 1.82 bits per heavy atom. The summed E-state index contributed by atoms with van der Waals surface area (Å²) in [6.07, 6.45) is -4.08. The second-order valence-electron chi connectivity index (χ2n) is 5.84. The van der Waals surface area contributed by atoms with E-state index in [1.807, 2.05) is 42.5 Å². The molecule has 0 saturated heterocycles. The van der Waals surface area contributed by atoms with Gasteiger partial charge in [0.25, 0.3) is 11.3 Å². The lowest BCUT2D eigenvalue weighted by molar-refractivity contribution is -0.136. The summed E-state index contributed by atoms with van der Waals surface area (Å²) in [6.45, 7) is -0.269. The third-order valence-electron chi connectivity index (χ3n) is 3.70. The number of pyridine rings is 1. The second-order valence-corrected chi connectivity index (χ2v) is 6.75. The normalized spacial score (nSPS) is 12.7. The molecule has 0 amide bonds. The van der Waals surface area contributed by atoms with E-state index in [1.165, 1.54) is 6.20 Å². The third kappa shape index (κ3) is 5.93. The van der Waals surface area contributed by atoms with Crippen LogP contribution in [0.4, 0.5) is 18.9 Å². The molecular weight excluding hydrogens is 393 g/mol. The first-order valence-electron chi connectivity index (χ1n) is 8.41. The maximum absolute atomic E-state index is 12.0. The van der Waals surface area contributed by atoms with Gasteiger partial charge in [0, 0.05) is 17.9 Å². The number of fused-ring (bicyclic) bond motifs is 1. The van der Waals surface area contributed by atoms with Gasteiger partial charge in [0.05, 0.1) is 18.5 Å². The van der Waals surface area contributed by atoms with Gasteiger partial charge in [0.1, 0.15) is 5.75 Å². The molecule has 3 rings (SSSR count). The number of halogens is 3. The standard InChI is InChI=1S/C19H17F3N2O3S/c20-19(21,22)11-4-12-26-28(25)24-15-9-10-18(23-13-15)27-17-8-3-6-14-5-1-2-7-16(14)17/h1-3,5-10,13,24H,4,11-12H2. The number of hydrogen-bond acceptors (Lipinski definition) is 4. The molecule has 0 bridgehead atoms. The van der Waals surface area contributed by atoms with Gasteiger partial charge in [-0.3, -0.25) is 8.91 Å². The maximum Gasteiger partial charge on any atom is 0.389 e. The number of alkyl halides is 3. The van der Waals surface area contributed by atoms with E-state index in [1.54, 1.807) is 12.1 Å². The topological polar surface area (TPSA) is 60.5 Å². The zero-order valence-electron chi connectivity index (χ0n) is 14.6. The van der Waals surface area contributed by atoms with E-state index in [-0.39, 0.29) is 13.0 Å². The lowest BCUT2D eigenvalue weighted by Crippen LogP contribution is -2.12. The van der Waals surface area contributed by atoms with Gasteiger partial charge < -0.3 is 4.74 Å². The fourth-order valence-electron chi connectivity index (χ4n) is 2.43. The van der Waals surface area contributed by atoms with Crippen molar-refractivity contribution in [1.82, 2.24) is 4.98 Å². The third-order valence-corrected chi connectivity index (χ3v) is 4.48. The first-order chi connectivity index (χ1) is 13.4. The smallest absolute Gasteiger partial charge is 0.389 e. The van der Waals surface area contributed by atoms with Crippen LogP contribution in [-0.4, -0.2) is 22.0 Å². The number of hydrogen-bond donors (Lipinski definition) is 1. The molecular formula is C19H17F3N2O3S. The van der Waals surface area contributed by atoms with Crippen molar-refractivity contribution < 1.29 is 26.3 Å². The van der Waals surface area contributed by atoms with Gasteiger partial charge in [0.15, 0.2) is 0 Å². The first-order valence-corrected chi connectivity index (χ1v) is 9.48. The molecule has 5 nitrogen and oxygen atoms in total. The zero-order chi connectivity index (χ0) is 20.0. The van der Waals surface area contributed by atoms with Crippen LogP contribution in [0.2, 0.25) is 0 Å². The SMILES string of the molecule is O=S(Nc1ccc(Oc2cccc3ccccc23)nc1)OCCCC(F)(F)F. The highest BCUT2D eigenvalue weighted by Gasteiger charge is 2.26. The van der Waals surface area contributed by atoms with Crippen molar-refractivity contribution >= 4 is 27.7 Å². The Bertz CT molecular complexity index is 944. The first kappa shape index (κ1) is 20.1. The predicted molar refractivity (Wildman–Crippen MR) is 101 cm³/mol. The van der Waals surface area contributed by atoms with Crippen LogP contribution in [-0.2, 0) is 15.4 Å². The molecule has 0 radical (unpaired) electrons. The van der Waals surface area contributed by atoms with E-state index in [2.05, 4.69) is 9.71 Å². The van der Waals surface area contributed by atoms with Gasteiger partial charge in [-0.25, -0.2) is 9.19 Å². The second kappa shape index (κ2) is 9.03. The number of rotatable bonds is 8. The molecule has 1 atom stereocenters. The van der Waals surface area contributed by atoms with E-state index in [4.69, 9.17) is 8.92 Å². The molecule has 0 saturated carbocycles. The van der Waals surface area contributed by atoms with Crippen LogP contribution < -0.4 is 9.46 Å². The molecule has 148 valence electrons. The minimum atomic E-state index is -4.25. The highest BCUT2D eigenvalue weighted by atomic mass is 32.2. The van der Waals surface area contributed by atoms with Gasteiger partial charge in [0.2, 0.25) is 5.88 Å². The quantitative estimate of drug-likeness (QED) is 0.507. The lowest BCUT2D eigenvalue weighted by atomic mass is 10.1. The summed E-state index contributed by atoms with van der Waals surface area (Å²) < 4.78 is 61.0. The highest BCUT2D eigenvalue weighted by Crippen LogP contribution is 2.29. The Morgan fingerprint density at radius 1 is 1.04 bits per heavy atom. The van der Waals surface area contributed by atoms with Crippen molar-refractivity contribution in [3.63, 3.8) is 0 Å². The monoisotopic (exact) mass is 410 g/mol. The number of ether oxygens (including phenoxy) is 1. The summed E-state index contributed by atoms with van der Waals surface area (Å²) in [5.41, 5.74) is 0.388. The summed E-state index contributed by atoms with van der Waals surface area (Å²) in [6, 6.07) is 16.7. The van der Waals surface area contributed by atoms with Gasteiger partial charge in [-0.15, -0.1) is 0 Å². The van der Waals surface area contributed by atoms with E-state index < -0.39 is 23.9 Å². The molecule has 1 N–H and O–H groups in total. The number of nitrogens with zero attached hydrogens (tertiary/aromatic N) is 1. The highest BCUT2D eigenvalue weighted by molar-refractivity contribution is 7.81. The summed E-state index contributed by atoms with van der Waals surface area (Å²) >= 11 is -1.96. The number of aromatic nitrogens is 1. The molecule has 0 fully saturated rings. The number of nitrogens with one attached hydrogen (secondary N) is 1. The molecule has 0 aliphatic heterocycles. The number of benzene rings is 2. The summed E-state index contributed by atoms with van der Waals surface area (Å²) in [5.74, 6) is 1.00. The van der Waals surface area contributed by atoms with E-state index >= 15 is 0 Å². The molecule has 1 aromatic heterocycles. The van der Waals surface area contributed by atoms with Crippen molar-refractivity contribution in [3.8, 4) is 11.6 Å². The van der Waals surface area contributed by atoms with Crippen molar-refractivity contribution in [1.29, 1.82) is 0 Å². The maximum atomic E-state index is 12.0. The minimum absolute atomic E-state index is 0.257. The molecule has 3 aromatic rings. The van der Waals surface area contributed by atoms with Crippen LogP contribution in [0, 0.1) is 0 Å². The molecule has 0 aliphatic rings. The van der Waals surface area contributed by atoms with E-state index in [9.17, 15) is 17.4 Å². The molecule has 1 unspecified atom stereocenters. The van der Waals surface area contributed by atoms with Crippen molar-refractivity contribution in [3.05, 3.63) is 60.8 Å². The summed E-state index contributed by atoms with van der Waals surface area (Å²) in [5, 5.41) is 1.98. The van der Waals surface area contributed by atoms with Gasteiger partial charge in [-0.05, 0) is 23.9 Å². The molecule has 2 aromatic carbocycles. The van der Waals surface area contributed by atoms with Crippen LogP contribution in [0.15, 0.2) is 60.8 Å². The van der Waals surface area contributed by atoms with Crippen LogP contribution in [0.25, 0.3) is 10.8 Å². The summed E-state index contributed by atoms with van der Waals surface area (Å²) in [7, 11) is 0. The van der Waals surface area contributed by atoms with Crippen molar-refractivity contribution in [2.75, 3.05) is 11.3 Å². The van der Waals surface area contributed by atoms with Crippen LogP contribution in [0.3, 0.4) is 0 Å². The Hall–Kier alpha value is -2.65.